The van der Waals surface area contributed by atoms with Crippen molar-refractivity contribution in [1.29, 1.82) is 0 Å². The molecular formula is C49H53N15O3. The molecule has 0 atom stereocenters. The van der Waals surface area contributed by atoms with Gasteiger partial charge in [-0.2, -0.15) is 15.3 Å². The number of anilines is 1. The van der Waals surface area contributed by atoms with E-state index < -0.39 is 0 Å². The summed E-state index contributed by atoms with van der Waals surface area (Å²) in [6, 6.07) is 16.3. The quantitative estimate of drug-likeness (QED) is 0.179. The van der Waals surface area contributed by atoms with Crippen LogP contribution in [0.2, 0.25) is 0 Å². The molecule has 0 spiro atoms. The Bertz CT molecular complexity index is 3170. The number of aryl methyl sites for hydroxylation is 1. The van der Waals surface area contributed by atoms with Crippen LogP contribution in [0.3, 0.4) is 0 Å². The number of rotatable bonds is 9. The smallest absolute Gasteiger partial charge is 0.317 e. The van der Waals surface area contributed by atoms with E-state index in [0.717, 1.165) is 97.8 Å². The second-order valence-electron chi connectivity index (χ2n) is 17.8. The molecule has 0 unspecified atom stereocenters. The maximum Gasteiger partial charge on any atom is 0.317 e. The van der Waals surface area contributed by atoms with E-state index in [4.69, 9.17) is 24.9 Å². The minimum absolute atomic E-state index is 0.0900. The van der Waals surface area contributed by atoms with E-state index in [2.05, 4.69) is 76.0 Å². The third-order valence-corrected chi connectivity index (χ3v) is 13.3. The van der Waals surface area contributed by atoms with Crippen molar-refractivity contribution in [2.45, 2.75) is 52.2 Å². The van der Waals surface area contributed by atoms with Gasteiger partial charge in [0.05, 0.1) is 85.1 Å². The number of ether oxygens (including phenoxy) is 1. The van der Waals surface area contributed by atoms with E-state index in [9.17, 15) is 9.59 Å². The summed E-state index contributed by atoms with van der Waals surface area (Å²) >= 11 is 0. The maximum absolute atomic E-state index is 13.9. The molecule has 11 rings (SSSR count). The lowest BCUT2D eigenvalue weighted by Crippen LogP contribution is -2.44. The molecule has 18 heteroatoms. The number of urea groups is 2. The summed E-state index contributed by atoms with van der Waals surface area (Å²) in [5, 5.41) is 29.3. The highest BCUT2D eigenvalue weighted by molar-refractivity contribution is 5.93. The topological polar surface area (TPSA) is 174 Å². The zero-order valence-corrected chi connectivity index (χ0v) is 38.2. The number of nitrogens with one attached hydrogen (secondary N) is 2. The first-order valence-corrected chi connectivity index (χ1v) is 23.0. The lowest BCUT2D eigenvalue weighted by Gasteiger charge is -2.31. The van der Waals surface area contributed by atoms with Crippen molar-refractivity contribution in [2.24, 2.45) is 7.05 Å². The number of fused-ring (bicyclic) bond motifs is 4. The van der Waals surface area contributed by atoms with E-state index in [1.807, 2.05) is 80.2 Å². The van der Waals surface area contributed by atoms with Crippen LogP contribution in [0.1, 0.15) is 48.0 Å². The minimum Gasteiger partial charge on any atom is -0.378 e. The van der Waals surface area contributed by atoms with Gasteiger partial charge in [0.2, 0.25) is 0 Å². The summed E-state index contributed by atoms with van der Waals surface area (Å²) in [5.41, 5.74) is 10.8. The van der Waals surface area contributed by atoms with Gasteiger partial charge in [0.15, 0.2) is 5.82 Å². The van der Waals surface area contributed by atoms with Gasteiger partial charge in [0.25, 0.3) is 0 Å². The highest BCUT2D eigenvalue weighted by atomic mass is 16.5. The zero-order chi connectivity index (χ0) is 45.8. The average Bonchev–Trinajstić information content (AvgIpc) is 4.18. The fourth-order valence-corrected chi connectivity index (χ4v) is 9.80. The third-order valence-electron chi connectivity index (χ3n) is 13.3. The van der Waals surface area contributed by atoms with Gasteiger partial charge in [-0.25, -0.2) is 19.0 Å². The predicted octanol–water partition coefficient (Wildman–Crippen LogP) is 5.84. The van der Waals surface area contributed by atoms with Gasteiger partial charge in [-0.15, -0.1) is 5.10 Å². The Balaban J connectivity index is 0.792. The first-order chi connectivity index (χ1) is 32.7. The summed E-state index contributed by atoms with van der Waals surface area (Å²) in [7, 11) is 3.57. The van der Waals surface area contributed by atoms with Gasteiger partial charge >= 0.3 is 12.1 Å². The molecule has 1 saturated heterocycles. The van der Waals surface area contributed by atoms with Crippen molar-refractivity contribution in [2.75, 3.05) is 57.9 Å². The van der Waals surface area contributed by atoms with Crippen LogP contribution in [0.4, 0.5) is 15.4 Å². The molecule has 0 saturated carbocycles. The molecule has 9 heterocycles. The average molecular weight is 900 g/mol. The molecule has 4 amide bonds. The summed E-state index contributed by atoms with van der Waals surface area (Å²) in [6.45, 7) is 10.2. The number of benzene rings is 2. The molecule has 6 aromatic heterocycles. The lowest BCUT2D eigenvalue weighted by molar-refractivity contribution is 0.122. The number of carbonyl (C=O) groups excluding carboxylic acids is 2. The van der Waals surface area contributed by atoms with Crippen molar-refractivity contribution in [3.8, 4) is 33.9 Å². The Hall–Kier alpha value is -7.60. The molecule has 67 heavy (non-hydrogen) atoms. The van der Waals surface area contributed by atoms with E-state index in [1.54, 1.807) is 11.7 Å². The third kappa shape index (κ3) is 7.79. The van der Waals surface area contributed by atoms with Crippen molar-refractivity contribution in [3.63, 3.8) is 0 Å². The second-order valence-corrected chi connectivity index (χ2v) is 17.8. The van der Waals surface area contributed by atoms with Crippen LogP contribution in [0.5, 0.6) is 0 Å². The molecule has 2 aromatic carbocycles. The monoisotopic (exact) mass is 899 g/mol. The summed E-state index contributed by atoms with van der Waals surface area (Å²) in [5.74, 6) is 1.20. The lowest BCUT2D eigenvalue weighted by atomic mass is 9.98. The van der Waals surface area contributed by atoms with Gasteiger partial charge in [-0.1, -0.05) is 38.1 Å². The van der Waals surface area contributed by atoms with Crippen LogP contribution in [0.25, 0.3) is 55.4 Å². The van der Waals surface area contributed by atoms with E-state index in [0.29, 0.717) is 58.9 Å². The van der Waals surface area contributed by atoms with Gasteiger partial charge in [-0.3, -0.25) is 19.3 Å². The Labute approximate surface area is 387 Å². The van der Waals surface area contributed by atoms with Crippen LogP contribution in [0, 0.1) is 0 Å². The maximum atomic E-state index is 13.9. The normalized spacial score (nSPS) is 15.1. The summed E-state index contributed by atoms with van der Waals surface area (Å²) < 4.78 is 13.3. The largest absolute Gasteiger partial charge is 0.378 e. The van der Waals surface area contributed by atoms with Crippen LogP contribution in [-0.2, 0) is 44.3 Å². The zero-order valence-electron chi connectivity index (χ0n) is 38.2. The van der Waals surface area contributed by atoms with Crippen LogP contribution < -0.4 is 15.5 Å². The van der Waals surface area contributed by atoms with E-state index in [1.165, 1.54) is 11.1 Å². The number of hydrogen-bond donors (Lipinski definition) is 2. The molecular weight excluding hydrogens is 847 g/mol. The molecule has 2 N–H and O–H groups in total. The number of amides is 4. The number of pyridine rings is 2. The fourth-order valence-electron chi connectivity index (χ4n) is 9.80. The van der Waals surface area contributed by atoms with Crippen molar-refractivity contribution < 1.29 is 14.3 Å². The Morgan fingerprint density at radius 3 is 1.99 bits per heavy atom. The van der Waals surface area contributed by atoms with Crippen LogP contribution >= 0.6 is 0 Å². The standard InChI is InChI=1S/C49H53N15O3/c1-31(2)46-36-11-14-60(48(65)50-3)29-44(36)63(56-46)42-9-5-7-33-22-41(53-25-38(33)42)35-24-55-62(28-35)16-13-51-49(66)61-15-12-37-45(30-61)64(57-47(37)59-17-19-67-20-18-59)43-10-6-8-32-21-40(52-26-39(32)43)34-23-54-58(4)27-34/h5-10,21-28,31H,11-20,29-30H2,1-4H3,(H,50,65)(H,51,66). The summed E-state index contributed by atoms with van der Waals surface area (Å²) in [6.07, 6.45) is 12.8. The Morgan fingerprint density at radius 1 is 0.731 bits per heavy atom. The predicted molar refractivity (Wildman–Crippen MR) is 254 cm³/mol. The number of aromatic nitrogens is 10. The Kier molecular flexibility index (Phi) is 10.9. The molecule has 0 bridgehead atoms. The van der Waals surface area contributed by atoms with Crippen LogP contribution in [-0.4, -0.2) is 124 Å². The van der Waals surface area contributed by atoms with E-state index in [-0.39, 0.29) is 18.0 Å². The number of nitrogens with zero attached hydrogens (tertiary/aromatic N) is 13. The first kappa shape index (κ1) is 42.1. The summed E-state index contributed by atoms with van der Waals surface area (Å²) in [4.78, 5) is 42.3. The number of carbonyl (C=O) groups is 2. The van der Waals surface area contributed by atoms with Crippen molar-refractivity contribution in [1.82, 2.24) is 69.5 Å². The number of hydrogen-bond acceptors (Lipinski definition) is 10. The van der Waals surface area contributed by atoms with E-state index >= 15 is 0 Å². The van der Waals surface area contributed by atoms with Gasteiger partial charge in [0, 0.05) is 105 Å². The van der Waals surface area contributed by atoms with Gasteiger partial charge < -0.3 is 30.1 Å². The molecule has 1 fully saturated rings. The first-order valence-electron chi connectivity index (χ1n) is 23.0. The highest BCUT2D eigenvalue weighted by Crippen LogP contribution is 2.36. The van der Waals surface area contributed by atoms with Gasteiger partial charge in [0.1, 0.15) is 0 Å². The molecule has 18 nitrogen and oxygen atoms in total. The molecule has 8 aromatic rings. The molecule has 342 valence electrons. The fraction of sp³-hybridized carbons (Fsp3) is 0.347. The molecule has 3 aliphatic heterocycles. The molecule has 0 aliphatic carbocycles. The van der Waals surface area contributed by atoms with Gasteiger partial charge in [-0.05, 0) is 53.8 Å². The Morgan fingerprint density at radius 2 is 1.34 bits per heavy atom. The minimum atomic E-state index is -0.133. The van der Waals surface area contributed by atoms with Crippen LogP contribution in [0.15, 0.2) is 85.7 Å². The van der Waals surface area contributed by atoms with Crippen molar-refractivity contribution >= 4 is 39.4 Å². The highest BCUT2D eigenvalue weighted by Gasteiger charge is 2.32. The van der Waals surface area contributed by atoms with Crippen molar-refractivity contribution in [3.05, 3.63) is 114 Å². The molecule has 3 aliphatic rings. The molecule has 0 radical (unpaired) electrons. The second kappa shape index (κ2) is 17.3. The SMILES string of the molecule is CNC(=O)N1CCc2c(C(C)C)nn(-c3cccc4cc(-c5cnn(CCNC(=O)N6CCc7c(N8CCOCC8)nn(-c8cccc9cc(-c%10cnn(C)c%10)ncc89)c7C6)c5)ncc34)c2C1. The number of morpholine rings is 1.